The topological polar surface area (TPSA) is 25.8 Å². The van der Waals surface area contributed by atoms with Gasteiger partial charge in [-0.25, -0.2) is 0 Å². The zero-order chi connectivity index (χ0) is 7.98. The lowest BCUT2D eigenvalue weighted by Crippen LogP contribution is -1.78. The van der Waals surface area contributed by atoms with Gasteiger partial charge in [-0.1, -0.05) is 37.0 Å². The Morgan fingerprint density at radius 1 is 1.30 bits per heavy atom. The second kappa shape index (κ2) is 5.45. The van der Waals surface area contributed by atoms with Gasteiger partial charge in [0.05, 0.1) is 11.2 Å². The fraction of sp³-hybridized carbons (Fsp3) is 0.333. The SMILES string of the molecule is CC.Clc1ccnnc1Cl. The molecule has 0 aromatic carbocycles. The molecule has 0 bridgehead atoms. The molecule has 0 spiro atoms. The van der Waals surface area contributed by atoms with E-state index < -0.39 is 0 Å². The molecule has 2 nitrogen and oxygen atoms in total. The quantitative estimate of drug-likeness (QED) is 0.611. The molecule has 0 aliphatic rings. The molecule has 1 heterocycles. The molecule has 1 aromatic rings. The van der Waals surface area contributed by atoms with Crippen LogP contribution in [0.3, 0.4) is 0 Å². The average molecular weight is 179 g/mol. The molecule has 0 atom stereocenters. The Balaban J connectivity index is 0.000000371. The summed E-state index contributed by atoms with van der Waals surface area (Å²) < 4.78 is 0. The Morgan fingerprint density at radius 2 is 1.90 bits per heavy atom. The maximum absolute atomic E-state index is 5.47. The Kier molecular flexibility index (Phi) is 5.26. The van der Waals surface area contributed by atoms with Gasteiger partial charge in [0.2, 0.25) is 0 Å². The van der Waals surface area contributed by atoms with E-state index in [1.54, 1.807) is 6.07 Å². The number of nitrogens with zero attached hydrogens (tertiary/aromatic N) is 2. The van der Waals surface area contributed by atoms with Gasteiger partial charge in [0.25, 0.3) is 0 Å². The largest absolute Gasteiger partial charge is 0.170 e. The highest BCUT2D eigenvalue weighted by molar-refractivity contribution is 6.41. The number of rotatable bonds is 0. The lowest BCUT2D eigenvalue weighted by molar-refractivity contribution is 1.03. The summed E-state index contributed by atoms with van der Waals surface area (Å²) in [5.74, 6) is 0. The number of hydrogen-bond acceptors (Lipinski definition) is 2. The van der Waals surface area contributed by atoms with Gasteiger partial charge in [-0.2, -0.15) is 5.10 Å². The van der Waals surface area contributed by atoms with Crippen LogP contribution in [0, 0.1) is 0 Å². The molecule has 0 amide bonds. The lowest BCUT2D eigenvalue weighted by Gasteiger charge is -1.86. The summed E-state index contributed by atoms with van der Waals surface area (Å²) in [5.41, 5.74) is 0. The van der Waals surface area contributed by atoms with Gasteiger partial charge in [-0.05, 0) is 6.07 Å². The van der Waals surface area contributed by atoms with Crippen LogP contribution in [0.4, 0.5) is 0 Å². The number of aromatic nitrogens is 2. The maximum Gasteiger partial charge on any atom is 0.170 e. The van der Waals surface area contributed by atoms with Crippen LogP contribution in [-0.2, 0) is 0 Å². The number of hydrogen-bond donors (Lipinski definition) is 0. The van der Waals surface area contributed by atoms with E-state index in [0.29, 0.717) is 5.02 Å². The van der Waals surface area contributed by atoms with E-state index >= 15 is 0 Å². The minimum Gasteiger partial charge on any atom is -0.158 e. The van der Waals surface area contributed by atoms with Gasteiger partial charge in [0, 0.05) is 0 Å². The third-order valence-electron chi connectivity index (χ3n) is 0.630. The van der Waals surface area contributed by atoms with Gasteiger partial charge in [-0.15, -0.1) is 5.10 Å². The second-order valence-corrected chi connectivity index (χ2v) is 1.94. The van der Waals surface area contributed by atoms with Crippen LogP contribution < -0.4 is 0 Å². The van der Waals surface area contributed by atoms with Gasteiger partial charge >= 0.3 is 0 Å². The van der Waals surface area contributed by atoms with Gasteiger partial charge in [-0.3, -0.25) is 0 Å². The Labute approximate surface area is 70.2 Å². The van der Waals surface area contributed by atoms with Crippen molar-refractivity contribution >= 4 is 23.2 Å². The molecule has 0 saturated carbocycles. The normalized spacial score (nSPS) is 8.00. The molecule has 0 saturated heterocycles. The summed E-state index contributed by atoms with van der Waals surface area (Å²) in [5, 5.41) is 7.62. The van der Waals surface area contributed by atoms with Crippen molar-refractivity contribution in [2.75, 3.05) is 0 Å². The summed E-state index contributed by atoms with van der Waals surface area (Å²) >= 11 is 10.9. The van der Waals surface area contributed by atoms with Crippen LogP contribution in [0.1, 0.15) is 13.8 Å². The molecule has 0 aliphatic carbocycles. The van der Waals surface area contributed by atoms with Crippen molar-refractivity contribution in [3.05, 3.63) is 22.4 Å². The molecule has 0 N–H and O–H groups in total. The lowest BCUT2D eigenvalue weighted by atomic mass is 10.6. The predicted molar refractivity (Wildman–Crippen MR) is 43.4 cm³/mol. The highest BCUT2D eigenvalue weighted by Gasteiger charge is 1.92. The van der Waals surface area contributed by atoms with Gasteiger partial charge in [0.15, 0.2) is 5.15 Å². The Bertz CT molecular complexity index is 170. The van der Waals surface area contributed by atoms with Crippen molar-refractivity contribution in [3.63, 3.8) is 0 Å². The van der Waals surface area contributed by atoms with Crippen molar-refractivity contribution in [2.24, 2.45) is 0 Å². The zero-order valence-corrected chi connectivity index (χ0v) is 7.32. The average Bonchev–Trinajstić information content (AvgIpc) is 2.00. The third kappa shape index (κ3) is 2.99. The standard InChI is InChI=1S/C4H2Cl2N2.C2H6/c5-3-1-2-7-8-4(3)6;1-2/h1-2H;1-2H3. The van der Waals surface area contributed by atoms with E-state index in [2.05, 4.69) is 10.2 Å². The molecule has 1 rings (SSSR count). The number of halogens is 2. The fourth-order valence-corrected chi connectivity index (χ4v) is 0.500. The summed E-state index contributed by atoms with van der Waals surface area (Å²) in [6.07, 6.45) is 1.48. The predicted octanol–water partition coefficient (Wildman–Crippen LogP) is 2.81. The monoisotopic (exact) mass is 178 g/mol. The Hall–Kier alpha value is -0.340. The van der Waals surface area contributed by atoms with Crippen LogP contribution in [0.5, 0.6) is 0 Å². The van der Waals surface area contributed by atoms with Gasteiger partial charge in [0.1, 0.15) is 0 Å². The summed E-state index contributed by atoms with van der Waals surface area (Å²) in [7, 11) is 0. The van der Waals surface area contributed by atoms with E-state index in [4.69, 9.17) is 23.2 Å². The van der Waals surface area contributed by atoms with Crippen molar-refractivity contribution < 1.29 is 0 Å². The molecular weight excluding hydrogens is 171 g/mol. The first-order valence-corrected chi connectivity index (χ1v) is 3.69. The maximum atomic E-state index is 5.47. The highest BCUT2D eigenvalue weighted by atomic mass is 35.5. The van der Waals surface area contributed by atoms with E-state index in [9.17, 15) is 0 Å². The molecule has 10 heavy (non-hydrogen) atoms. The van der Waals surface area contributed by atoms with E-state index in [-0.39, 0.29) is 5.15 Å². The van der Waals surface area contributed by atoms with E-state index in [0.717, 1.165) is 0 Å². The molecule has 0 fully saturated rings. The van der Waals surface area contributed by atoms with Crippen LogP contribution in [0.2, 0.25) is 10.2 Å². The van der Waals surface area contributed by atoms with Crippen molar-refractivity contribution in [3.8, 4) is 0 Å². The zero-order valence-electron chi connectivity index (χ0n) is 5.81. The molecule has 56 valence electrons. The first kappa shape index (κ1) is 9.66. The highest BCUT2D eigenvalue weighted by Crippen LogP contribution is 2.15. The molecule has 4 heteroatoms. The minimum absolute atomic E-state index is 0.245. The van der Waals surface area contributed by atoms with Crippen molar-refractivity contribution in [2.45, 2.75) is 13.8 Å². The molecule has 0 unspecified atom stereocenters. The molecule has 0 aliphatic heterocycles. The second-order valence-electron chi connectivity index (χ2n) is 1.17. The van der Waals surface area contributed by atoms with E-state index in [1.165, 1.54) is 6.20 Å². The summed E-state index contributed by atoms with van der Waals surface area (Å²) in [4.78, 5) is 0. The minimum atomic E-state index is 0.245. The molecule has 1 aromatic heterocycles. The van der Waals surface area contributed by atoms with Crippen LogP contribution in [-0.4, -0.2) is 10.2 Å². The summed E-state index contributed by atoms with van der Waals surface area (Å²) in [6.45, 7) is 4.00. The van der Waals surface area contributed by atoms with E-state index in [1.807, 2.05) is 13.8 Å². The Morgan fingerprint density at radius 3 is 2.20 bits per heavy atom. The van der Waals surface area contributed by atoms with Crippen LogP contribution >= 0.6 is 23.2 Å². The molecule has 0 radical (unpaired) electrons. The van der Waals surface area contributed by atoms with Crippen LogP contribution in [0.25, 0.3) is 0 Å². The smallest absolute Gasteiger partial charge is 0.158 e. The van der Waals surface area contributed by atoms with Crippen LogP contribution in [0.15, 0.2) is 12.3 Å². The van der Waals surface area contributed by atoms with Gasteiger partial charge < -0.3 is 0 Å². The fourth-order valence-electron chi connectivity index (χ4n) is 0.299. The van der Waals surface area contributed by atoms with Crippen molar-refractivity contribution in [1.29, 1.82) is 0 Å². The van der Waals surface area contributed by atoms with Crippen molar-refractivity contribution in [1.82, 2.24) is 10.2 Å². The third-order valence-corrected chi connectivity index (χ3v) is 1.31. The molecular formula is C6H8Cl2N2. The first-order valence-electron chi connectivity index (χ1n) is 2.93. The first-order chi connectivity index (χ1) is 4.80. The summed E-state index contributed by atoms with van der Waals surface area (Å²) in [6, 6.07) is 1.58.